The predicted octanol–water partition coefficient (Wildman–Crippen LogP) is 3.71. The summed E-state index contributed by atoms with van der Waals surface area (Å²) in [6.45, 7) is 5.44. The number of hydrogen-bond acceptors (Lipinski definition) is 5. The van der Waals surface area contributed by atoms with Gasteiger partial charge in [0.2, 0.25) is 5.91 Å². The molecule has 2 rings (SSSR count). The molecule has 7 nitrogen and oxygen atoms in total. The van der Waals surface area contributed by atoms with E-state index >= 15 is 0 Å². The van der Waals surface area contributed by atoms with Gasteiger partial charge in [-0.05, 0) is 49.2 Å². The van der Waals surface area contributed by atoms with E-state index in [4.69, 9.17) is 21.1 Å². The zero-order valence-electron chi connectivity index (χ0n) is 17.7. The number of rotatable bonds is 9. The molecule has 0 bridgehead atoms. The Labute approximate surface area is 183 Å². The van der Waals surface area contributed by atoms with Gasteiger partial charge in [-0.2, -0.15) is 0 Å². The van der Waals surface area contributed by atoms with Crippen LogP contribution >= 0.6 is 11.6 Å². The second-order valence-electron chi connectivity index (χ2n) is 7.11. The molecule has 0 aliphatic carbocycles. The maximum absolute atomic E-state index is 13.5. The molecular formula is C21H27ClN2O5S. The van der Waals surface area contributed by atoms with Crippen LogP contribution in [0.15, 0.2) is 47.4 Å². The summed E-state index contributed by atoms with van der Waals surface area (Å²) in [7, 11) is -1.19. The number of halogens is 1. The number of nitrogens with zero attached hydrogens (tertiary/aromatic N) is 1. The lowest BCUT2D eigenvalue weighted by Crippen LogP contribution is -2.45. The van der Waals surface area contributed by atoms with Gasteiger partial charge in [-0.1, -0.05) is 25.4 Å². The van der Waals surface area contributed by atoms with Gasteiger partial charge in [0.05, 0.1) is 24.8 Å². The van der Waals surface area contributed by atoms with Crippen molar-refractivity contribution in [1.82, 2.24) is 5.32 Å². The Morgan fingerprint density at radius 1 is 1.03 bits per heavy atom. The number of anilines is 1. The molecule has 1 amide bonds. The molecule has 2 aromatic rings. The van der Waals surface area contributed by atoms with Crippen molar-refractivity contribution in [2.24, 2.45) is 5.92 Å². The first-order valence-electron chi connectivity index (χ1n) is 9.39. The molecule has 1 N–H and O–H groups in total. The zero-order chi connectivity index (χ0) is 22.5. The quantitative estimate of drug-likeness (QED) is 0.624. The first-order valence-corrected chi connectivity index (χ1v) is 11.2. The molecule has 0 saturated heterocycles. The van der Waals surface area contributed by atoms with Crippen molar-refractivity contribution in [2.75, 3.05) is 25.1 Å². The highest BCUT2D eigenvalue weighted by molar-refractivity contribution is 7.92. The van der Waals surface area contributed by atoms with Crippen molar-refractivity contribution in [3.05, 3.63) is 47.5 Å². The van der Waals surface area contributed by atoms with Crippen LogP contribution in [0.5, 0.6) is 11.5 Å². The Balaban J connectivity index is 2.47. The summed E-state index contributed by atoms with van der Waals surface area (Å²) < 4.78 is 38.4. The molecule has 0 aromatic heterocycles. The molecule has 9 heteroatoms. The van der Waals surface area contributed by atoms with E-state index in [1.807, 2.05) is 20.8 Å². The molecule has 30 heavy (non-hydrogen) atoms. The molecular weight excluding hydrogens is 428 g/mol. The third-order valence-electron chi connectivity index (χ3n) is 4.73. The fourth-order valence-corrected chi connectivity index (χ4v) is 4.19. The number of carbonyl (C=O) groups excluding carboxylic acids is 1. The first-order chi connectivity index (χ1) is 14.1. The van der Waals surface area contributed by atoms with Gasteiger partial charge in [-0.15, -0.1) is 0 Å². The Morgan fingerprint density at radius 3 is 2.17 bits per heavy atom. The van der Waals surface area contributed by atoms with Crippen LogP contribution in [-0.2, 0) is 14.8 Å². The van der Waals surface area contributed by atoms with Crippen molar-refractivity contribution in [3.63, 3.8) is 0 Å². The number of hydrogen-bond donors (Lipinski definition) is 1. The van der Waals surface area contributed by atoms with E-state index in [0.29, 0.717) is 16.5 Å². The minimum atomic E-state index is -4.08. The van der Waals surface area contributed by atoms with Crippen LogP contribution in [0.4, 0.5) is 5.69 Å². The summed E-state index contributed by atoms with van der Waals surface area (Å²) in [5, 5.41) is 3.30. The highest BCUT2D eigenvalue weighted by Crippen LogP contribution is 2.32. The molecule has 0 heterocycles. The Hall–Kier alpha value is -2.45. The van der Waals surface area contributed by atoms with Crippen LogP contribution in [0.3, 0.4) is 0 Å². The number of methoxy groups -OCH3 is 2. The lowest BCUT2D eigenvalue weighted by molar-refractivity contribution is -0.120. The number of benzene rings is 2. The van der Waals surface area contributed by atoms with Gasteiger partial charge in [0, 0.05) is 17.1 Å². The van der Waals surface area contributed by atoms with E-state index < -0.39 is 15.9 Å². The SMILES string of the molecule is COc1ccc(S(=O)(=O)N(CC(=O)N[C@H](C)C(C)C)c2ccc(Cl)cc2)cc1OC. The number of nitrogens with one attached hydrogen (secondary N) is 1. The van der Waals surface area contributed by atoms with Gasteiger partial charge >= 0.3 is 0 Å². The zero-order valence-corrected chi connectivity index (χ0v) is 19.3. The number of ether oxygens (including phenoxy) is 2. The number of sulfonamides is 1. The topological polar surface area (TPSA) is 84.9 Å². The van der Waals surface area contributed by atoms with Crippen molar-refractivity contribution in [3.8, 4) is 11.5 Å². The molecule has 0 unspecified atom stereocenters. The van der Waals surface area contributed by atoms with E-state index in [9.17, 15) is 13.2 Å². The fourth-order valence-electron chi connectivity index (χ4n) is 2.62. The van der Waals surface area contributed by atoms with Gasteiger partial charge in [0.25, 0.3) is 10.0 Å². The maximum atomic E-state index is 13.5. The van der Waals surface area contributed by atoms with E-state index in [-0.39, 0.29) is 29.1 Å². The Bertz CT molecular complexity index is 977. The molecule has 0 saturated carbocycles. The second-order valence-corrected chi connectivity index (χ2v) is 9.40. The van der Waals surface area contributed by atoms with Crippen molar-refractivity contribution >= 4 is 33.2 Å². The molecule has 0 fully saturated rings. The van der Waals surface area contributed by atoms with Gasteiger partial charge in [-0.25, -0.2) is 8.42 Å². The van der Waals surface area contributed by atoms with Crippen LogP contribution < -0.4 is 19.1 Å². The number of carbonyl (C=O) groups is 1. The summed E-state index contributed by atoms with van der Waals surface area (Å²) in [6.07, 6.45) is 0. The first kappa shape index (κ1) is 23.8. The minimum absolute atomic E-state index is 0.0280. The summed E-state index contributed by atoms with van der Waals surface area (Å²) in [6, 6.07) is 10.4. The standard InChI is InChI=1S/C21H27ClN2O5S/c1-14(2)15(3)23-21(25)13-24(17-8-6-16(22)7-9-17)30(26,27)18-10-11-19(28-4)20(12-18)29-5/h6-12,14-15H,13H2,1-5H3,(H,23,25)/t15-/m1/s1. The molecule has 1 atom stereocenters. The smallest absolute Gasteiger partial charge is 0.264 e. The van der Waals surface area contributed by atoms with E-state index in [0.717, 1.165) is 4.31 Å². The molecule has 0 radical (unpaired) electrons. The van der Waals surface area contributed by atoms with Gasteiger partial charge in [-0.3, -0.25) is 9.10 Å². The summed E-state index contributed by atoms with van der Waals surface area (Å²) in [5.74, 6) is 0.473. The van der Waals surface area contributed by atoms with Gasteiger partial charge in [0.15, 0.2) is 11.5 Å². The van der Waals surface area contributed by atoms with Crippen LogP contribution in [0, 0.1) is 5.92 Å². The second kappa shape index (κ2) is 10.0. The lowest BCUT2D eigenvalue weighted by Gasteiger charge is -2.26. The third-order valence-corrected chi connectivity index (χ3v) is 6.76. The van der Waals surface area contributed by atoms with Crippen molar-refractivity contribution in [2.45, 2.75) is 31.7 Å². The Morgan fingerprint density at radius 2 is 1.63 bits per heavy atom. The summed E-state index contributed by atoms with van der Waals surface area (Å²) in [5.41, 5.74) is 0.321. The average molecular weight is 455 g/mol. The predicted molar refractivity (Wildman–Crippen MR) is 118 cm³/mol. The molecule has 0 aliphatic heterocycles. The van der Waals surface area contributed by atoms with Crippen molar-refractivity contribution in [1.29, 1.82) is 0 Å². The average Bonchev–Trinajstić information content (AvgIpc) is 2.71. The van der Waals surface area contributed by atoms with E-state index in [2.05, 4.69) is 5.32 Å². The molecule has 164 valence electrons. The highest BCUT2D eigenvalue weighted by atomic mass is 35.5. The van der Waals surface area contributed by atoms with Crippen LogP contribution in [-0.4, -0.2) is 41.1 Å². The third kappa shape index (κ3) is 5.58. The largest absolute Gasteiger partial charge is 0.493 e. The fraction of sp³-hybridized carbons (Fsp3) is 0.381. The van der Waals surface area contributed by atoms with E-state index in [1.165, 1.54) is 32.4 Å². The maximum Gasteiger partial charge on any atom is 0.264 e. The minimum Gasteiger partial charge on any atom is -0.493 e. The van der Waals surface area contributed by atoms with Crippen molar-refractivity contribution < 1.29 is 22.7 Å². The van der Waals surface area contributed by atoms with E-state index in [1.54, 1.807) is 24.3 Å². The lowest BCUT2D eigenvalue weighted by atomic mass is 10.1. The van der Waals surface area contributed by atoms with Crippen LogP contribution in [0.2, 0.25) is 5.02 Å². The summed E-state index contributed by atoms with van der Waals surface area (Å²) in [4.78, 5) is 12.6. The normalized spacial score (nSPS) is 12.4. The molecule has 0 spiro atoms. The van der Waals surface area contributed by atoms with Gasteiger partial charge in [0.1, 0.15) is 6.54 Å². The monoisotopic (exact) mass is 454 g/mol. The highest BCUT2D eigenvalue weighted by Gasteiger charge is 2.29. The van der Waals surface area contributed by atoms with Crippen LogP contribution in [0.1, 0.15) is 20.8 Å². The van der Waals surface area contributed by atoms with Crippen LogP contribution in [0.25, 0.3) is 0 Å². The summed E-state index contributed by atoms with van der Waals surface area (Å²) >= 11 is 5.95. The Kier molecular flexibility index (Phi) is 7.97. The van der Waals surface area contributed by atoms with Gasteiger partial charge < -0.3 is 14.8 Å². The molecule has 2 aromatic carbocycles. The molecule has 0 aliphatic rings. The number of amides is 1.